The van der Waals surface area contributed by atoms with Crippen molar-refractivity contribution >= 4 is 21.4 Å². The molecule has 128 valence electrons. The van der Waals surface area contributed by atoms with Crippen molar-refractivity contribution < 1.29 is 4.74 Å². The first-order chi connectivity index (χ1) is 12.3. The van der Waals surface area contributed by atoms with Gasteiger partial charge in [-0.05, 0) is 12.1 Å². The van der Waals surface area contributed by atoms with Gasteiger partial charge in [0.25, 0.3) is 0 Å². The molecule has 0 amide bonds. The molecule has 0 atom stereocenters. The number of fused-ring (bicyclic) bond motifs is 1. The van der Waals surface area contributed by atoms with E-state index in [2.05, 4.69) is 26.4 Å². The largest absolute Gasteiger partial charge is 0.379 e. The van der Waals surface area contributed by atoms with Crippen LogP contribution in [-0.2, 0) is 4.74 Å². The maximum absolute atomic E-state index is 8.91. The average Bonchev–Trinajstić information content (AvgIpc) is 3.23. The lowest BCUT2D eigenvalue weighted by molar-refractivity contribution is 0.0398. The van der Waals surface area contributed by atoms with E-state index < -0.39 is 0 Å². The normalized spacial score (nSPS) is 15.3. The van der Waals surface area contributed by atoms with Crippen molar-refractivity contribution in [2.45, 2.75) is 0 Å². The van der Waals surface area contributed by atoms with Crippen LogP contribution < -0.4 is 5.32 Å². The molecule has 25 heavy (non-hydrogen) atoms. The van der Waals surface area contributed by atoms with Crippen LogP contribution in [0.3, 0.4) is 0 Å². The molecule has 0 bridgehead atoms. The Morgan fingerprint density at radius 1 is 1.24 bits per heavy atom. The second-order valence-electron chi connectivity index (χ2n) is 5.81. The fourth-order valence-electron chi connectivity index (χ4n) is 2.82. The van der Waals surface area contributed by atoms with Gasteiger partial charge in [0, 0.05) is 31.7 Å². The Kier molecular flexibility index (Phi) is 4.61. The van der Waals surface area contributed by atoms with Gasteiger partial charge in [0.1, 0.15) is 0 Å². The molecule has 1 saturated heterocycles. The van der Waals surface area contributed by atoms with E-state index >= 15 is 0 Å². The zero-order chi connectivity index (χ0) is 17.1. The summed E-state index contributed by atoms with van der Waals surface area (Å²) in [4.78, 5) is 7.68. The van der Waals surface area contributed by atoms with Crippen molar-refractivity contribution in [3.05, 3.63) is 36.0 Å². The topological polar surface area (TPSA) is 78.5 Å². The lowest BCUT2D eigenvalue weighted by atomic mass is 10.1. The number of anilines is 1. The first kappa shape index (κ1) is 16.0. The van der Waals surface area contributed by atoms with E-state index in [9.17, 15) is 0 Å². The Hall–Kier alpha value is -2.47. The van der Waals surface area contributed by atoms with Crippen molar-refractivity contribution in [3.63, 3.8) is 0 Å². The molecular weight excluding hydrogens is 336 g/mol. The van der Waals surface area contributed by atoms with Gasteiger partial charge in [0.15, 0.2) is 0 Å². The molecule has 2 aromatic heterocycles. The van der Waals surface area contributed by atoms with Crippen molar-refractivity contribution in [1.29, 1.82) is 5.26 Å². The summed E-state index contributed by atoms with van der Waals surface area (Å²) >= 11 is 1.54. The summed E-state index contributed by atoms with van der Waals surface area (Å²) in [5.74, 6) is 0. The summed E-state index contributed by atoms with van der Waals surface area (Å²) in [5, 5.41) is 17.8. The number of nitriles is 1. The molecule has 0 saturated carbocycles. The second-order valence-corrected chi connectivity index (χ2v) is 6.77. The van der Waals surface area contributed by atoms with Gasteiger partial charge in [-0.3, -0.25) is 4.90 Å². The third-order valence-corrected chi connectivity index (χ3v) is 5.08. The fourth-order valence-corrected chi connectivity index (χ4v) is 3.62. The SMILES string of the molecule is N#Cc1ccc(-c2cnc3sc(NCCN4CCOCC4)nn23)cc1. The second kappa shape index (κ2) is 7.19. The molecule has 7 nitrogen and oxygen atoms in total. The van der Waals surface area contributed by atoms with E-state index in [1.807, 2.05) is 35.0 Å². The average molecular weight is 354 g/mol. The number of hydrogen-bond donors (Lipinski definition) is 1. The molecule has 0 unspecified atom stereocenters. The van der Waals surface area contributed by atoms with E-state index in [4.69, 9.17) is 10.00 Å². The van der Waals surface area contributed by atoms with E-state index in [0.717, 1.165) is 60.7 Å². The third-order valence-electron chi connectivity index (χ3n) is 4.20. The Morgan fingerprint density at radius 2 is 2.04 bits per heavy atom. The number of rotatable bonds is 5. The van der Waals surface area contributed by atoms with Crippen LogP contribution in [0.1, 0.15) is 5.56 Å². The summed E-state index contributed by atoms with van der Waals surface area (Å²) in [7, 11) is 0. The Labute approximate surface area is 149 Å². The minimum Gasteiger partial charge on any atom is -0.379 e. The first-order valence-electron chi connectivity index (χ1n) is 8.22. The van der Waals surface area contributed by atoms with Crippen molar-refractivity contribution in [2.75, 3.05) is 44.7 Å². The van der Waals surface area contributed by atoms with Crippen LogP contribution in [0.2, 0.25) is 0 Å². The number of ether oxygens (including phenoxy) is 1. The van der Waals surface area contributed by atoms with Gasteiger partial charge in [-0.1, -0.05) is 23.5 Å². The maximum Gasteiger partial charge on any atom is 0.214 e. The fraction of sp³-hybridized carbons (Fsp3) is 0.353. The van der Waals surface area contributed by atoms with Gasteiger partial charge in [-0.25, -0.2) is 9.50 Å². The summed E-state index contributed by atoms with van der Waals surface area (Å²) in [5.41, 5.74) is 2.57. The highest BCUT2D eigenvalue weighted by atomic mass is 32.1. The minimum atomic E-state index is 0.647. The highest BCUT2D eigenvalue weighted by Gasteiger charge is 2.13. The van der Waals surface area contributed by atoms with Gasteiger partial charge >= 0.3 is 0 Å². The quantitative estimate of drug-likeness (QED) is 0.756. The lowest BCUT2D eigenvalue weighted by Crippen LogP contribution is -2.39. The number of hydrogen-bond acceptors (Lipinski definition) is 7. The van der Waals surface area contributed by atoms with Crippen LogP contribution in [0.15, 0.2) is 30.5 Å². The van der Waals surface area contributed by atoms with E-state index in [1.165, 1.54) is 0 Å². The molecular formula is C17H18N6OS. The number of nitrogens with zero attached hydrogens (tertiary/aromatic N) is 5. The first-order valence-corrected chi connectivity index (χ1v) is 9.04. The molecule has 1 fully saturated rings. The van der Waals surface area contributed by atoms with E-state index in [-0.39, 0.29) is 0 Å². The molecule has 8 heteroatoms. The predicted molar refractivity (Wildman–Crippen MR) is 96.8 cm³/mol. The minimum absolute atomic E-state index is 0.647. The molecule has 1 aliphatic rings. The summed E-state index contributed by atoms with van der Waals surface area (Å²) < 4.78 is 7.21. The van der Waals surface area contributed by atoms with E-state index in [0.29, 0.717) is 5.56 Å². The smallest absolute Gasteiger partial charge is 0.214 e. The Bertz CT molecular complexity index is 888. The maximum atomic E-state index is 8.91. The molecule has 0 spiro atoms. The number of aromatic nitrogens is 3. The number of benzene rings is 1. The van der Waals surface area contributed by atoms with Gasteiger partial charge in [0.05, 0.1) is 36.7 Å². The third kappa shape index (κ3) is 3.49. The summed E-state index contributed by atoms with van der Waals surface area (Å²) in [6.45, 7) is 5.45. The van der Waals surface area contributed by atoms with Crippen molar-refractivity contribution in [3.8, 4) is 17.3 Å². The summed E-state index contributed by atoms with van der Waals surface area (Å²) in [6, 6.07) is 9.60. The van der Waals surface area contributed by atoms with Gasteiger partial charge in [0.2, 0.25) is 10.1 Å². The molecule has 0 aliphatic carbocycles. The van der Waals surface area contributed by atoms with Crippen LogP contribution in [0, 0.1) is 11.3 Å². The molecule has 3 heterocycles. The predicted octanol–water partition coefficient (Wildman–Crippen LogP) is 2.07. The molecule has 1 aromatic carbocycles. The van der Waals surface area contributed by atoms with E-state index in [1.54, 1.807) is 11.3 Å². The van der Waals surface area contributed by atoms with Crippen LogP contribution in [-0.4, -0.2) is 58.9 Å². The number of morpholine rings is 1. The van der Waals surface area contributed by atoms with Crippen LogP contribution in [0.5, 0.6) is 0 Å². The zero-order valence-electron chi connectivity index (χ0n) is 13.7. The van der Waals surface area contributed by atoms with Crippen LogP contribution >= 0.6 is 11.3 Å². The number of imidazole rings is 1. The standard InChI is InChI=1S/C17H18N6OS/c18-11-13-1-3-14(4-2-13)15-12-20-17-23(15)21-16(25-17)19-5-6-22-7-9-24-10-8-22/h1-4,12H,5-10H2,(H,19,21). The molecule has 0 radical (unpaired) electrons. The van der Waals surface area contributed by atoms with Gasteiger partial charge in [-0.15, -0.1) is 5.10 Å². The van der Waals surface area contributed by atoms with Crippen LogP contribution in [0.4, 0.5) is 5.13 Å². The molecule has 4 rings (SSSR count). The van der Waals surface area contributed by atoms with Gasteiger partial charge < -0.3 is 10.1 Å². The van der Waals surface area contributed by atoms with Crippen molar-refractivity contribution in [2.24, 2.45) is 0 Å². The lowest BCUT2D eigenvalue weighted by Gasteiger charge is -2.26. The molecule has 1 aliphatic heterocycles. The zero-order valence-corrected chi connectivity index (χ0v) is 14.5. The van der Waals surface area contributed by atoms with Crippen molar-refractivity contribution in [1.82, 2.24) is 19.5 Å². The molecule has 1 N–H and O–H groups in total. The highest BCUT2D eigenvalue weighted by Crippen LogP contribution is 2.26. The Morgan fingerprint density at radius 3 is 2.80 bits per heavy atom. The van der Waals surface area contributed by atoms with Gasteiger partial charge in [-0.2, -0.15) is 5.26 Å². The Balaban J connectivity index is 1.45. The molecule has 3 aromatic rings. The number of nitrogens with one attached hydrogen (secondary N) is 1. The highest BCUT2D eigenvalue weighted by molar-refractivity contribution is 7.20. The van der Waals surface area contributed by atoms with Crippen LogP contribution in [0.25, 0.3) is 16.2 Å². The monoisotopic (exact) mass is 354 g/mol. The summed E-state index contributed by atoms with van der Waals surface area (Å²) in [6.07, 6.45) is 1.82.